The van der Waals surface area contributed by atoms with E-state index in [1.54, 1.807) is 19.2 Å². The topological polar surface area (TPSA) is 64.6 Å². The van der Waals surface area contributed by atoms with Gasteiger partial charge in [-0.05, 0) is 73.1 Å². The molecule has 0 unspecified atom stereocenters. The monoisotopic (exact) mass is 423 g/mol. The maximum Gasteiger partial charge on any atom is 0.307 e. The summed E-state index contributed by atoms with van der Waals surface area (Å²) in [4.78, 5) is 25.2. The molecular formula is C25H26FNO4. The predicted octanol–water partition coefficient (Wildman–Crippen LogP) is 4.53. The number of rotatable bonds is 4. The van der Waals surface area contributed by atoms with Crippen LogP contribution in [0.3, 0.4) is 0 Å². The molecule has 2 aromatic carbocycles. The van der Waals surface area contributed by atoms with Crippen LogP contribution < -0.4 is 5.32 Å². The Kier molecular flexibility index (Phi) is 5.67. The number of carbonyl (C=O) groups is 2. The summed E-state index contributed by atoms with van der Waals surface area (Å²) in [5.41, 5.74) is 2.99. The molecule has 1 N–H and O–H groups in total. The Hall–Kier alpha value is -2.99. The summed E-state index contributed by atoms with van der Waals surface area (Å²) >= 11 is 0. The molecule has 0 aromatic heterocycles. The molecule has 162 valence electrons. The van der Waals surface area contributed by atoms with Gasteiger partial charge < -0.3 is 14.8 Å². The van der Waals surface area contributed by atoms with Crippen molar-refractivity contribution in [3.8, 4) is 11.1 Å². The second-order valence-corrected chi connectivity index (χ2v) is 8.31. The molecule has 0 radical (unpaired) electrons. The van der Waals surface area contributed by atoms with E-state index in [9.17, 15) is 14.0 Å². The molecule has 1 aliphatic carbocycles. The van der Waals surface area contributed by atoms with E-state index in [1.165, 1.54) is 19.1 Å². The van der Waals surface area contributed by atoms with Gasteiger partial charge in [0.25, 0.3) is 5.91 Å². The highest BCUT2D eigenvalue weighted by Crippen LogP contribution is 2.44. The van der Waals surface area contributed by atoms with E-state index in [0.29, 0.717) is 29.7 Å². The molecule has 1 heterocycles. The first-order chi connectivity index (χ1) is 14.8. The lowest BCUT2D eigenvalue weighted by molar-refractivity contribution is -0.138. The molecular weight excluding hydrogens is 397 g/mol. The van der Waals surface area contributed by atoms with Crippen molar-refractivity contribution in [2.75, 3.05) is 7.11 Å². The van der Waals surface area contributed by atoms with Crippen molar-refractivity contribution in [2.45, 2.75) is 51.2 Å². The minimum Gasteiger partial charge on any atom is -0.428 e. The number of nitrogens with one attached hydrogen (secondary N) is 1. The van der Waals surface area contributed by atoms with Crippen molar-refractivity contribution < 1.29 is 23.5 Å². The van der Waals surface area contributed by atoms with Gasteiger partial charge in [-0.15, -0.1) is 0 Å². The van der Waals surface area contributed by atoms with Crippen LogP contribution in [0.4, 0.5) is 4.39 Å². The zero-order valence-corrected chi connectivity index (χ0v) is 18.0. The van der Waals surface area contributed by atoms with Crippen LogP contribution in [0.15, 0.2) is 48.2 Å². The van der Waals surface area contributed by atoms with Crippen molar-refractivity contribution in [2.24, 2.45) is 0 Å². The van der Waals surface area contributed by atoms with Gasteiger partial charge in [-0.2, -0.15) is 0 Å². The number of carbonyl (C=O) groups excluding carboxylic acids is 2. The average molecular weight is 423 g/mol. The van der Waals surface area contributed by atoms with E-state index in [1.807, 2.05) is 25.1 Å². The Bertz CT molecular complexity index is 1050. The van der Waals surface area contributed by atoms with Gasteiger partial charge in [0.1, 0.15) is 11.6 Å². The van der Waals surface area contributed by atoms with E-state index in [2.05, 4.69) is 5.32 Å². The standard InChI is InChI=1S/C25H26FNO4/c1-15-4-5-18(17-6-8-19(26)9-7-17)14-21(15)22-23(31-16(2)28)25(27-24(22)29)12-10-20(30-3)11-13-25/h4-9,14,20H,10-13H2,1-3H3,(H,27,29). The lowest BCUT2D eigenvalue weighted by Gasteiger charge is -2.37. The molecule has 1 amide bonds. The molecule has 1 fully saturated rings. The largest absolute Gasteiger partial charge is 0.428 e. The second-order valence-electron chi connectivity index (χ2n) is 8.31. The van der Waals surface area contributed by atoms with Crippen LogP contribution in [0, 0.1) is 12.7 Å². The number of hydrogen-bond acceptors (Lipinski definition) is 4. The number of halogens is 1. The first-order valence-electron chi connectivity index (χ1n) is 10.5. The maximum atomic E-state index is 13.4. The van der Waals surface area contributed by atoms with Crippen molar-refractivity contribution >= 4 is 17.4 Å². The quantitative estimate of drug-likeness (QED) is 0.734. The first-order valence-corrected chi connectivity index (χ1v) is 10.5. The second kappa shape index (κ2) is 8.27. The summed E-state index contributed by atoms with van der Waals surface area (Å²) in [5.74, 6) is -0.602. The summed E-state index contributed by atoms with van der Waals surface area (Å²) in [7, 11) is 1.69. The van der Waals surface area contributed by atoms with Crippen LogP contribution in [0.5, 0.6) is 0 Å². The lowest BCUT2D eigenvalue weighted by atomic mass is 9.79. The fourth-order valence-corrected chi connectivity index (χ4v) is 4.60. The number of methoxy groups -OCH3 is 1. The van der Waals surface area contributed by atoms with Crippen molar-refractivity contribution in [1.29, 1.82) is 0 Å². The third kappa shape index (κ3) is 4.00. The van der Waals surface area contributed by atoms with Gasteiger partial charge in [0.05, 0.1) is 17.2 Å². The zero-order valence-electron chi connectivity index (χ0n) is 18.0. The van der Waals surface area contributed by atoms with Crippen LogP contribution in [0.1, 0.15) is 43.7 Å². The summed E-state index contributed by atoms with van der Waals surface area (Å²) < 4.78 is 24.5. The minimum atomic E-state index is -0.703. The van der Waals surface area contributed by atoms with Gasteiger partial charge in [0.2, 0.25) is 0 Å². The molecule has 0 bridgehead atoms. The van der Waals surface area contributed by atoms with Crippen molar-refractivity contribution in [1.82, 2.24) is 5.32 Å². The van der Waals surface area contributed by atoms with Crippen LogP contribution in [0.2, 0.25) is 0 Å². The maximum absolute atomic E-state index is 13.4. The van der Waals surface area contributed by atoms with Gasteiger partial charge in [-0.3, -0.25) is 9.59 Å². The normalized spacial score (nSPS) is 23.2. The fourth-order valence-electron chi connectivity index (χ4n) is 4.60. The van der Waals surface area contributed by atoms with E-state index in [0.717, 1.165) is 29.5 Å². The van der Waals surface area contributed by atoms with Crippen molar-refractivity contribution in [3.05, 3.63) is 65.2 Å². The number of esters is 1. The molecule has 4 rings (SSSR count). The molecule has 6 heteroatoms. The highest BCUT2D eigenvalue weighted by molar-refractivity contribution is 6.24. The molecule has 1 saturated carbocycles. The summed E-state index contributed by atoms with van der Waals surface area (Å²) in [6.45, 7) is 3.27. The van der Waals surface area contributed by atoms with Gasteiger partial charge in [-0.25, -0.2) is 4.39 Å². The number of hydrogen-bond donors (Lipinski definition) is 1. The summed E-state index contributed by atoms with van der Waals surface area (Å²) in [6.07, 6.45) is 2.95. The van der Waals surface area contributed by atoms with Gasteiger partial charge >= 0.3 is 5.97 Å². The fraction of sp³-hybridized carbons (Fsp3) is 0.360. The van der Waals surface area contributed by atoms with E-state index in [-0.39, 0.29) is 17.8 Å². The summed E-state index contributed by atoms with van der Waals surface area (Å²) in [6, 6.07) is 12.0. The molecule has 0 saturated heterocycles. The zero-order chi connectivity index (χ0) is 22.2. The molecule has 2 aromatic rings. The van der Waals surface area contributed by atoms with Crippen LogP contribution in [-0.4, -0.2) is 30.6 Å². The van der Waals surface area contributed by atoms with E-state index < -0.39 is 11.5 Å². The van der Waals surface area contributed by atoms with Crippen LogP contribution in [0.25, 0.3) is 16.7 Å². The Morgan fingerprint density at radius 3 is 2.35 bits per heavy atom. The predicted molar refractivity (Wildman–Crippen MR) is 115 cm³/mol. The average Bonchev–Trinajstić information content (AvgIpc) is 3.00. The van der Waals surface area contributed by atoms with Crippen molar-refractivity contribution in [3.63, 3.8) is 0 Å². The van der Waals surface area contributed by atoms with Crippen LogP contribution >= 0.6 is 0 Å². The molecule has 1 aliphatic heterocycles. The molecule has 2 aliphatic rings. The Morgan fingerprint density at radius 2 is 1.74 bits per heavy atom. The number of aryl methyl sites for hydroxylation is 1. The van der Waals surface area contributed by atoms with E-state index >= 15 is 0 Å². The molecule has 1 spiro atoms. The van der Waals surface area contributed by atoms with Gasteiger partial charge in [0, 0.05) is 14.0 Å². The number of benzene rings is 2. The SMILES string of the molecule is COC1CCC2(CC1)NC(=O)C(c1cc(-c3ccc(F)cc3)ccc1C)=C2OC(C)=O. The third-order valence-electron chi connectivity index (χ3n) is 6.29. The van der Waals surface area contributed by atoms with Gasteiger partial charge in [-0.1, -0.05) is 24.3 Å². The van der Waals surface area contributed by atoms with Gasteiger partial charge in [0.15, 0.2) is 0 Å². The highest BCUT2D eigenvalue weighted by atomic mass is 19.1. The smallest absolute Gasteiger partial charge is 0.307 e. The third-order valence-corrected chi connectivity index (χ3v) is 6.29. The minimum absolute atomic E-state index is 0.133. The number of amides is 1. The first kappa shape index (κ1) is 21.2. The Morgan fingerprint density at radius 1 is 1.10 bits per heavy atom. The molecule has 0 atom stereocenters. The lowest BCUT2D eigenvalue weighted by Crippen LogP contribution is -2.49. The summed E-state index contributed by atoms with van der Waals surface area (Å²) in [5, 5.41) is 3.12. The Balaban J connectivity index is 1.82. The molecule has 31 heavy (non-hydrogen) atoms. The van der Waals surface area contributed by atoms with Crippen LogP contribution in [-0.2, 0) is 19.1 Å². The Labute approximate surface area is 181 Å². The van der Waals surface area contributed by atoms with E-state index in [4.69, 9.17) is 9.47 Å². The number of ether oxygens (including phenoxy) is 2. The highest BCUT2D eigenvalue weighted by Gasteiger charge is 2.49. The molecule has 5 nitrogen and oxygen atoms in total.